The number of benzene rings is 3. The fraction of sp³-hybridized carbons (Fsp3) is 0.231. The van der Waals surface area contributed by atoms with Crippen molar-refractivity contribution in [3.05, 3.63) is 83.4 Å². The second-order valence-corrected chi connectivity index (χ2v) is 10.3. The number of anilines is 2. The van der Waals surface area contributed by atoms with E-state index in [-0.39, 0.29) is 22.0 Å². The molecular formula is C26H29N3O4S2. The van der Waals surface area contributed by atoms with Crippen molar-refractivity contribution in [3.63, 3.8) is 0 Å². The smallest absolute Gasteiger partial charge is 0.261 e. The minimum absolute atomic E-state index is 0.0408. The highest BCUT2D eigenvalue weighted by atomic mass is 32.2. The molecule has 0 aromatic heterocycles. The van der Waals surface area contributed by atoms with Gasteiger partial charge < -0.3 is 10.1 Å². The second-order valence-electron chi connectivity index (χ2n) is 8.20. The van der Waals surface area contributed by atoms with Crippen LogP contribution in [0.4, 0.5) is 11.4 Å². The first-order valence-electron chi connectivity index (χ1n) is 11.2. The van der Waals surface area contributed by atoms with Crippen LogP contribution >= 0.6 is 12.2 Å². The summed E-state index contributed by atoms with van der Waals surface area (Å²) < 4.78 is 33.8. The fourth-order valence-electron chi connectivity index (χ4n) is 3.10. The van der Waals surface area contributed by atoms with Crippen LogP contribution in [-0.4, -0.2) is 25.5 Å². The van der Waals surface area contributed by atoms with Crippen LogP contribution in [0.25, 0.3) is 0 Å². The number of sulfonamides is 1. The van der Waals surface area contributed by atoms with Gasteiger partial charge in [-0.2, -0.15) is 0 Å². The van der Waals surface area contributed by atoms with E-state index in [0.717, 1.165) is 17.5 Å². The molecule has 0 aliphatic heterocycles. The first-order valence-corrected chi connectivity index (χ1v) is 13.1. The van der Waals surface area contributed by atoms with Gasteiger partial charge in [-0.3, -0.25) is 14.8 Å². The molecule has 0 spiro atoms. The number of hydrogen-bond donors (Lipinski definition) is 3. The van der Waals surface area contributed by atoms with E-state index in [1.165, 1.54) is 12.1 Å². The van der Waals surface area contributed by atoms with Gasteiger partial charge in [0, 0.05) is 16.9 Å². The first kappa shape index (κ1) is 26.2. The topological polar surface area (TPSA) is 96.5 Å². The summed E-state index contributed by atoms with van der Waals surface area (Å²) in [6.07, 6.45) is 0.894. The predicted molar refractivity (Wildman–Crippen MR) is 144 cm³/mol. The average molecular weight is 512 g/mol. The second kappa shape index (κ2) is 11.3. The molecule has 0 fully saturated rings. The minimum atomic E-state index is -3.75. The summed E-state index contributed by atoms with van der Waals surface area (Å²) >= 11 is 5.24. The van der Waals surface area contributed by atoms with Gasteiger partial charge in [-0.25, -0.2) is 8.42 Å². The number of hydrogen-bond acceptors (Lipinski definition) is 5. The third kappa shape index (κ3) is 7.27. The molecule has 3 aromatic carbocycles. The summed E-state index contributed by atoms with van der Waals surface area (Å²) in [6, 6.07) is 18.3. The average Bonchev–Trinajstić information content (AvgIpc) is 2.81. The van der Waals surface area contributed by atoms with E-state index in [0.29, 0.717) is 22.7 Å². The Morgan fingerprint density at radius 3 is 2.31 bits per heavy atom. The Hall–Kier alpha value is -3.43. The summed E-state index contributed by atoms with van der Waals surface area (Å²) in [5, 5.41) is 5.61. The summed E-state index contributed by atoms with van der Waals surface area (Å²) in [5.74, 6) is 0.228. The van der Waals surface area contributed by atoms with Gasteiger partial charge >= 0.3 is 0 Å². The van der Waals surface area contributed by atoms with E-state index >= 15 is 0 Å². The first-order chi connectivity index (χ1) is 16.6. The summed E-state index contributed by atoms with van der Waals surface area (Å²) in [6.45, 7) is 7.87. The molecule has 0 aliphatic rings. The maximum atomic E-state index is 12.7. The molecule has 3 rings (SSSR count). The Labute approximate surface area is 212 Å². The van der Waals surface area contributed by atoms with Crippen LogP contribution < -0.4 is 20.1 Å². The monoisotopic (exact) mass is 511 g/mol. The van der Waals surface area contributed by atoms with Crippen molar-refractivity contribution in [1.82, 2.24) is 5.32 Å². The van der Waals surface area contributed by atoms with Crippen molar-refractivity contribution in [1.29, 1.82) is 0 Å². The molecule has 0 saturated heterocycles. The number of carbonyl (C=O) groups excluding carboxylic acids is 1. The van der Waals surface area contributed by atoms with Gasteiger partial charge in [0.2, 0.25) is 0 Å². The molecule has 184 valence electrons. The molecule has 9 heteroatoms. The van der Waals surface area contributed by atoms with Crippen LogP contribution in [-0.2, 0) is 10.0 Å². The van der Waals surface area contributed by atoms with Gasteiger partial charge in [0.05, 0.1) is 11.0 Å². The van der Waals surface area contributed by atoms with E-state index < -0.39 is 10.0 Å². The van der Waals surface area contributed by atoms with Crippen molar-refractivity contribution in [2.45, 2.75) is 45.1 Å². The standard InChI is InChI=1S/C26H29N3O4S2/c1-5-19(4)33-23-8-6-7-20(16-23)25(30)28-26(34)27-21-11-13-24(14-12-21)35(31,32)29-22-10-9-17(2)18(3)15-22/h6-16,19,29H,5H2,1-4H3,(H2,27,28,30,34). The third-order valence-corrected chi connectivity index (χ3v) is 7.02. The summed E-state index contributed by atoms with van der Waals surface area (Å²) in [4.78, 5) is 12.7. The van der Waals surface area contributed by atoms with E-state index in [1.807, 2.05) is 33.8 Å². The molecule has 1 unspecified atom stereocenters. The number of aryl methyl sites for hydroxylation is 2. The SMILES string of the molecule is CCC(C)Oc1cccc(C(=O)NC(=S)Nc2ccc(S(=O)(=O)Nc3ccc(C)c(C)c3)cc2)c1. The highest BCUT2D eigenvalue weighted by molar-refractivity contribution is 7.92. The van der Waals surface area contributed by atoms with Crippen molar-refractivity contribution in [2.24, 2.45) is 0 Å². The zero-order valence-electron chi connectivity index (χ0n) is 20.1. The molecule has 3 N–H and O–H groups in total. The van der Waals surface area contributed by atoms with Gasteiger partial charge in [-0.15, -0.1) is 0 Å². The molecular weight excluding hydrogens is 482 g/mol. The maximum Gasteiger partial charge on any atom is 0.261 e. The molecule has 0 aliphatic carbocycles. The lowest BCUT2D eigenvalue weighted by molar-refractivity contribution is 0.0977. The number of ether oxygens (including phenoxy) is 1. The minimum Gasteiger partial charge on any atom is -0.491 e. The van der Waals surface area contributed by atoms with Gasteiger partial charge in [0.15, 0.2) is 5.11 Å². The van der Waals surface area contributed by atoms with E-state index in [9.17, 15) is 13.2 Å². The molecule has 0 bridgehead atoms. The molecule has 3 aromatic rings. The van der Waals surface area contributed by atoms with Crippen molar-refractivity contribution >= 4 is 44.6 Å². The summed E-state index contributed by atoms with van der Waals surface area (Å²) in [7, 11) is -3.75. The van der Waals surface area contributed by atoms with Crippen molar-refractivity contribution in [3.8, 4) is 5.75 Å². The molecule has 35 heavy (non-hydrogen) atoms. The van der Waals surface area contributed by atoms with Crippen LogP contribution in [0, 0.1) is 13.8 Å². The third-order valence-electron chi connectivity index (χ3n) is 5.42. The highest BCUT2D eigenvalue weighted by Gasteiger charge is 2.15. The molecule has 0 heterocycles. The fourth-order valence-corrected chi connectivity index (χ4v) is 4.36. The number of amides is 1. The number of thiocarbonyl (C=S) groups is 1. The normalized spacial score (nSPS) is 11.9. The lowest BCUT2D eigenvalue weighted by Crippen LogP contribution is -2.34. The highest BCUT2D eigenvalue weighted by Crippen LogP contribution is 2.21. The lowest BCUT2D eigenvalue weighted by Gasteiger charge is -2.14. The molecule has 0 radical (unpaired) electrons. The van der Waals surface area contributed by atoms with Gasteiger partial charge in [-0.05, 0) is 105 Å². The van der Waals surface area contributed by atoms with Gasteiger partial charge in [0.1, 0.15) is 5.75 Å². The molecule has 1 amide bonds. The Kier molecular flexibility index (Phi) is 8.48. The van der Waals surface area contributed by atoms with Crippen molar-refractivity contribution in [2.75, 3.05) is 10.0 Å². The molecule has 1 atom stereocenters. The molecule has 7 nitrogen and oxygen atoms in total. The quantitative estimate of drug-likeness (QED) is 0.350. The Bertz CT molecular complexity index is 1320. The largest absolute Gasteiger partial charge is 0.491 e. The van der Waals surface area contributed by atoms with Crippen LogP contribution in [0.3, 0.4) is 0 Å². The molecule has 0 saturated carbocycles. The Morgan fingerprint density at radius 2 is 1.66 bits per heavy atom. The number of rotatable bonds is 8. The van der Waals surface area contributed by atoms with Gasteiger partial charge in [-0.1, -0.05) is 19.1 Å². The Balaban J connectivity index is 1.61. The zero-order valence-corrected chi connectivity index (χ0v) is 21.7. The van der Waals surface area contributed by atoms with Gasteiger partial charge in [0.25, 0.3) is 15.9 Å². The maximum absolute atomic E-state index is 12.7. The van der Waals surface area contributed by atoms with E-state index in [2.05, 4.69) is 15.4 Å². The lowest BCUT2D eigenvalue weighted by atomic mass is 10.1. The van der Waals surface area contributed by atoms with Crippen LogP contribution in [0.15, 0.2) is 71.6 Å². The summed E-state index contributed by atoms with van der Waals surface area (Å²) in [5.41, 5.74) is 3.52. The van der Waals surface area contributed by atoms with Crippen LogP contribution in [0.5, 0.6) is 5.75 Å². The van der Waals surface area contributed by atoms with E-state index in [4.69, 9.17) is 17.0 Å². The van der Waals surface area contributed by atoms with Crippen molar-refractivity contribution < 1.29 is 17.9 Å². The number of carbonyl (C=O) groups is 1. The zero-order chi connectivity index (χ0) is 25.6. The predicted octanol–water partition coefficient (Wildman–Crippen LogP) is 5.41. The Morgan fingerprint density at radius 1 is 0.971 bits per heavy atom. The number of nitrogens with one attached hydrogen (secondary N) is 3. The van der Waals surface area contributed by atoms with Crippen LogP contribution in [0.2, 0.25) is 0 Å². The van der Waals surface area contributed by atoms with E-state index in [1.54, 1.807) is 48.5 Å². The van der Waals surface area contributed by atoms with Crippen LogP contribution in [0.1, 0.15) is 41.8 Å².